The van der Waals surface area contributed by atoms with Crippen molar-refractivity contribution in [2.75, 3.05) is 6.26 Å². The van der Waals surface area contributed by atoms with Gasteiger partial charge in [0.05, 0.1) is 0 Å². The minimum absolute atomic E-state index is 0.00799. The van der Waals surface area contributed by atoms with Crippen molar-refractivity contribution in [2.24, 2.45) is 0 Å². The molecule has 1 amide bonds. The first-order valence-corrected chi connectivity index (χ1v) is 9.77. The quantitative estimate of drug-likeness (QED) is 0.723. The molecule has 0 aliphatic rings. The van der Waals surface area contributed by atoms with E-state index in [0.717, 1.165) is 5.56 Å². The highest BCUT2D eigenvalue weighted by atomic mass is 79.9. The van der Waals surface area contributed by atoms with Crippen LogP contribution in [0.5, 0.6) is 5.75 Å². The van der Waals surface area contributed by atoms with Crippen LogP contribution in [0.3, 0.4) is 0 Å². The van der Waals surface area contributed by atoms with Gasteiger partial charge in [0, 0.05) is 45.0 Å². The summed E-state index contributed by atoms with van der Waals surface area (Å²) >= 11 is 3.26. The van der Waals surface area contributed by atoms with Crippen LogP contribution in [0, 0.1) is 0 Å². The fourth-order valence-electron chi connectivity index (χ4n) is 2.21. The van der Waals surface area contributed by atoms with E-state index < -0.39 is 17.4 Å². The molecule has 4 nitrogen and oxygen atoms in total. The Morgan fingerprint density at radius 1 is 1.28 bits per heavy atom. The Hall–Kier alpha value is -1.80. The number of hydrogen-bond donors (Lipinski definition) is 1. The van der Waals surface area contributed by atoms with Gasteiger partial charge < -0.3 is 10.1 Å². The molecule has 0 heterocycles. The zero-order valence-electron chi connectivity index (χ0n) is 13.3. The lowest BCUT2D eigenvalue weighted by atomic mass is 10.1. The molecule has 8 heteroatoms. The first-order chi connectivity index (χ1) is 11.8. The third kappa shape index (κ3) is 6.21. The van der Waals surface area contributed by atoms with Crippen molar-refractivity contribution in [3.63, 3.8) is 0 Å². The van der Waals surface area contributed by atoms with E-state index in [1.807, 2.05) is 0 Å². The van der Waals surface area contributed by atoms with Crippen molar-refractivity contribution in [1.29, 1.82) is 0 Å². The van der Waals surface area contributed by atoms with Gasteiger partial charge in [-0.05, 0) is 35.9 Å². The molecule has 0 fully saturated rings. The van der Waals surface area contributed by atoms with Crippen molar-refractivity contribution >= 4 is 32.6 Å². The number of benzene rings is 2. The van der Waals surface area contributed by atoms with E-state index in [-0.39, 0.29) is 18.2 Å². The lowest BCUT2D eigenvalue weighted by Crippen LogP contribution is -2.23. The minimum atomic E-state index is -2.94. The summed E-state index contributed by atoms with van der Waals surface area (Å²) in [5.74, 6) is 0.0133. The molecule has 0 radical (unpaired) electrons. The van der Waals surface area contributed by atoms with E-state index in [1.165, 1.54) is 6.07 Å². The normalized spacial score (nSPS) is 12.0. The molecule has 0 spiro atoms. The second kappa shape index (κ2) is 9.05. The molecule has 2 aromatic carbocycles. The monoisotopic (exact) mass is 431 g/mol. The molecule has 2 rings (SSSR count). The van der Waals surface area contributed by atoms with Crippen LogP contribution in [0.4, 0.5) is 8.78 Å². The molecule has 1 unspecified atom stereocenters. The number of ether oxygens (including phenoxy) is 1. The average molecular weight is 432 g/mol. The van der Waals surface area contributed by atoms with E-state index in [4.69, 9.17) is 0 Å². The van der Waals surface area contributed by atoms with Gasteiger partial charge in [0.25, 0.3) is 5.91 Å². The Labute approximate surface area is 155 Å². The molecule has 1 atom stereocenters. The van der Waals surface area contributed by atoms with E-state index in [0.29, 0.717) is 21.4 Å². The van der Waals surface area contributed by atoms with Crippen LogP contribution in [0.1, 0.15) is 21.5 Å². The first kappa shape index (κ1) is 19.5. The molecule has 25 heavy (non-hydrogen) atoms. The van der Waals surface area contributed by atoms with Gasteiger partial charge in [-0.25, -0.2) is 0 Å². The first-order valence-electron chi connectivity index (χ1n) is 7.25. The van der Waals surface area contributed by atoms with Gasteiger partial charge in [0.15, 0.2) is 0 Å². The predicted octanol–water partition coefficient (Wildman–Crippen LogP) is 3.86. The van der Waals surface area contributed by atoms with Gasteiger partial charge in [-0.3, -0.25) is 9.00 Å². The number of amides is 1. The standard InChI is InChI=1S/C17H16BrF2NO3S/c1-25(23)10-11-3-2-4-12(7-11)16(22)21-9-13-8-14(18)5-6-15(13)24-17(19)20/h2-8,17H,9-10H2,1H3,(H,21,22). The van der Waals surface area contributed by atoms with Crippen LogP contribution >= 0.6 is 15.9 Å². The Balaban J connectivity index is 2.09. The molecule has 134 valence electrons. The summed E-state index contributed by atoms with van der Waals surface area (Å²) in [5.41, 5.74) is 1.63. The molecule has 2 aromatic rings. The van der Waals surface area contributed by atoms with Crippen molar-refractivity contribution in [3.05, 3.63) is 63.6 Å². The van der Waals surface area contributed by atoms with Crippen molar-refractivity contribution in [1.82, 2.24) is 5.32 Å². The molecule has 0 aromatic heterocycles. The number of carbonyl (C=O) groups is 1. The fraction of sp³-hybridized carbons (Fsp3) is 0.235. The van der Waals surface area contributed by atoms with Crippen molar-refractivity contribution in [3.8, 4) is 5.75 Å². The zero-order valence-corrected chi connectivity index (χ0v) is 15.7. The van der Waals surface area contributed by atoms with Gasteiger partial charge in [0.2, 0.25) is 0 Å². The number of hydrogen-bond acceptors (Lipinski definition) is 3. The maximum atomic E-state index is 12.5. The Bertz CT molecular complexity index is 786. The van der Waals surface area contributed by atoms with Crippen LogP contribution in [-0.4, -0.2) is 23.0 Å². The maximum Gasteiger partial charge on any atom is 0.387 e. The third-order valence-electron chi connectivity index (χ3n) is 3.24. The number of rotatable bonds is 7. The van der Waals surface area contributed by atoms with Gasteiger partial charge >= 0.3 is 6.61 Å². The Morgan fingerprint density at radius 3 is 2.72 bits per heavy atom. The Kier molecular flexibility index (Phi) is 7.07. The number of alkyl halides is 2. The predicted molar refractivity (Wildman–Crippen MR) is 96.2 cm³/mol. The van der Waals surface area contributed by atoms with Gasteiger partial charge in [-0.2, -0.15) is 8.78 Å². The third-order valence-corrected chi connectivity index (χ3v) is 4.47. The number of nitrogens with one attached hydrogen (secondary N) is 1. The second-order valence-corrected chi connectivity index (χ2v) is 7.58. The number of halogens is 3. The summed E-state index contributed by atoms with van der Waals surface area (Å²) in [6, 6.07) is 11.4. The minimum Gasteiger partial charge on any atom is -0.434 e. The molecule has 0 saturated heterocycles. The highest BCUT2D eigenvalue weighted by molar-refractivity contribution is 9.10. The van der Waals surface area contributed by atoms with Crippen LogP contribution in [0.25, 0.3) is 0 Å². The molecular weight excluding hydrogens is 416 g/mol. The van der Waals surface area contributed by atoms with Crippen molar-refractivity contribution in [2.45, 2.75) is 18.9 Å². The number of carbonyl (C=O) groups excluding carboxylic acids is 1. The van der Waals surface area contributed by atoms with Gasteiger partial charge in [-0.1, -0.05) is 28.1 Å². The zero-order chi connectivity index (χ0) is 18.4. The largest absolute Gasteiger partial charge is 0.434 e. The summed E-state index contributed by atoms with van der Waals surface area (Å²) in [5, 5.41) is 2.68. The lowest BCUT2D eigenvalue weighted by molar-refractivity contribution is -0.0504. The van der Waals surface area contributed by atoms with Gasteiger partial charge in [-0.15, -0.1) is 0 Å². The maximum absolute atomic E-state index is 12.5. The highest BCUT2D eigenvalue weighted by Crippen LogP contribution is 2.24. The van der Waals surface area contributed by atoms with Gasteiger partial charge in [0.1, 0.15) is 5.75 Å². The van der Waals surface area contributed by atoms with Crippen LogP contribution in [0.2, 0.25) is 0 Å². The fourth-order valence-corrected chi connectivity index (χ4v) is 3.27. The van der Waals surface area contributed by atoms with E-state index in [2.05, 4.69) is 26.0 Å². The summed E-state index contributed by atoms with van der Waals surface area (Å²) in [4.78, 5) is 12.3. The molecule has 1 N–H and O–H groups in total. The molecule has 0 saturated carbocycles. The van der Waals surface area contributed by atoms with E-state index in [9.17, 15) is 17.8 Å². The SMILES string of the molecule is CS(=O)Cc1cccc(C(=O)NCc2cc(Br)ccc2OC(F)F)c1. The van der Waals surface area contributed by atoms with Crippen LogP contribution in [-0.2, 0) is 23.1 Å². The summed E-state index contributed by atoms with van der Waals surface area (Å²) in [7, 11) is -1.01. The molecular formula is C17H16BrF2NO3S. The topological polar surface area (TPSA) is 55.4 Å². The van der Waals surface area contributed by atoms with E-state index >= 15 is 0 Å². The molecule has 0 bridgehead atoms. The average Bonchev–Trinajstić information content (AvgIpc) is 2.54. The summed E-state index contributed by atoms with van der Waals surface area (Å²) in [6.45, 7) is -2.91. The highest BCUT2D eigenvalue weighted by Gasteiger charge is 2.12. The van der Waals surface area contributed by atoms with Crippen LogP contribution < -0.4 is 10.1 Å². The van der Waals surface area contributed by atoms with E-state index in [1.54, 1.807) is 42.7 Å². The molecule has 0 aliphatic heterocycles. The van der Waals surface area contributed by atoms with Crippen molar-refractivity contribution < 1.29 is 22.5 Å². The second-order valence-electron chi connectivity index (χ2n) is 5.23. The Morgan fingerprint density at radius 2 is 2.04 bits per heavy atom. The lowest BCUT2D eigenvalue weighted by Gasteiger charge is -2.12. The summed E-state index contributed by atoms with van der Waals surface area (Å²) < 4.78 is 41.4. The summed E-state index contributed by atoms with van der Waals surface area (Å²) in [6.07, 6.45) is 1.59. The molecule has 0 aliphatic carbocycles. The van der Waals surface area contributed by atoms with Crippen LogP contribution in [0.15, 0.2) is 46.9 Å². The smallest absolute Gasteiger partial charge is 0.387 e.